The first kappa shape index (κ1) is 10.9. The summed E-state index contributed by atoms with van der Waals surface area (Å²) < 4.78 is 1.26. The van der Waals surface area contributed by atoms with Crippen molar-refractivity contribution in [3.05, 3.63) is 0 Å². The molecule has 0 saturated carbocycles. The predicted octanol–water partition coefficient (Wildman–Crippen LogP) is 1.85. The maximum atomic E-state index is 2.37. The van der Waals surface area contributed by atoms with E-state index in [-0.39, 0.29) is 5.48 Å². The molecular weight excluding hydrogens is 138 g/mol. The lowest BCUT2D eigenvalue weighted by molar-refractivity contribution is -0.920. The smallest absolute Gasteiger partial charge is 0.0883 e. The lowest BCUT2D eigenvalue weighted by Crippen LogP contribution is -2.51. The van der Waals surface area contributed by atoms with E-state index in [9.17, 15) is 0 Å². The molecule has 0 aliphatic carbocycles. The Morgan fingerprint density at radius 2 is 1.91 bits per heavy atom. The van der Waals surface area contributed by atoms with E-state index < -0.39 is 0 Å². The van der Waals surface area contributed by atoms with E-state index >= 15 is 0 Å². The van der Waals surface area contributed by atoms with Crippen molar-refractivity contribution >= 4 is 0 Å². The minimum atomic E-state index is 0. The fourth-order valence-electron chi connectivity index (χ4n) is 2.13. The predicted molar refractivity (Wildman–Crippen MR) is 46.8 cm³/mol. The second kappa shape index (κ2) is 4.07. The Morgan fingerprint density at radius 1 is 1.27 bits per heavy atom. The van der Waals surface area contributed by atoms with Crippen LogP contribution >= 0.6 is 0 Å². The average molecular weight is 159 g/mol. The van der Waals surface area contributed by atoms with E-state index in [2.05, 4.69) is 21.0 Å². The summed E-state index contributed by atoms with van der Waals surface area (Å²) in [7, 11) is 4.74. The first-order valence-electron chi connectivity index (χ1n) is 4.49. The maximum Gasteiger partial charge on any atom is 0.0883 e. The maximum absolute atomic E-state index is 2.37. The Morgan fingerprint density at radius 3 is 2.27 bits per heavy atom. The Kier molecular flexibility index (Phi) is 4.04. The highest BCUT2D eigenvalue weighted by Gasteiger charge is 2.29. The summed E-state index contributed by atoms with van der Waals surface area (Å²) in [4.78, 5) is 0. The van der Waals surface area contributed by atoms with Gasteiger partial charge in [0.2, 0.25) is 0 Å². The Bertz CT molecular complexity index is 112. The fraction of sp³-hybridized carbons (Fsp3) is 1.00. The van der Waals surface area contributed by atoms with E-state index in [0.717, 1.165) is 6.04 Å². The summed E-state index contributed by atoms with van der Waals surface area (Å²) in [6.45, 7) is 3.70. The molecule has 0 bridgehead atoms. The lowest BCUT2D eigenvalue weighted by atomic mass is 9.98. The van der Waals surface area contributed by atoms with Crippen LogP contribution in [0.4, 0.5) is 0 Å². The van der Waals surface area contributed by atoms with Crippen molar-refractivity contribution in [2.24, 2.45) is 0 Å². The molecule has 0 radical (unpaired) electrons. The Hall–Kier alpha value is -0.0800. The van der Waals surface area contributed by atoms with Crippen LogP contribution in [0.25, 0.3) is 0 Å². The molecule has 0 aromatic carbocycles. The minimum absolute atomic E-state index is 0. The van der Waals surface area contributed by atoms with Gasteiger partial charge in [0, 0.05) is 0 Å². The van der Waals surface area contributed by atoms with Crippen molar-refractivity contribution in [2.75, 3.05) is 20.6 Å². The molecule has 2 heteroatoms. The normalized spacial score (nSPS) is 29.2. The molecular formula is C9H21NO. The molecule has 1 aliphatic heterocycles. The molecule has 0 amide bonds. The van der Waals surface area contributed by atoms with E-state index in [1.165, 1.54) is 36.7 Å². The molecule has 1 atom stereocenters. The molecule has 1 aliphatic rings. The van der Waals surface area contributed by atoms with Gasteiger partial charge in [0.1, 0.15) is 0 Å². The quantitative estimate of drug-likeness (QED) is 0.537. The van der Waals surface area contributed by atoms with Crippen molar-refractivity contribution in [1.29, 1.82) is 0 Å². The minimum Gasteiger partial charge on any atom is -0.870 e. The second-order valence-corrected chi connectivity index (χ2v) is 4.06. The number of likely N-dealkylation sites (tertiary alicyclic amines) is 1. The molecule has 1 unspecified atom stereocenters. The number of hydrogen-bond donors (Lipinski definition) is 0. The van der Waals surface area contributed by atoms with E-state index in [1.54, 1.807) is 0 Å². The number of piperidine rings is 1. The molecule has 0 spiro atoms. The first-order valence-corrected chi connectivity index (χ1v) is 4.49. The molecule has 1 fully saturated rings. The first-order chi connectivity index (χ1) is 4.67. The second-order valence-electron chi connectivity index (χ2n) is 4.06. The van der Waals surface area contributed by atoms with Crippen LogP contribution in [0, 0.1) is 0 Å². The topological polar surface area (TPSA) is 30.0 Å². The van der Waals surface area contributed by atoms with Gasteiger partial charge < -0.3 is 9.96 Å². The fourth-order valence-corrected chi connectivity index (χ4v) is 2.13. The number of hydrogen-bond acceptors (Lipinski definition) is 1. The summed E-state index contributed by atoms with van der Waals surface area (Å²) >= 11 is 0. The van der Waals surface area contributed by atoms with Crippen molar-refractivity contribution in [3.8, 4) is 0 Å². The summed E-state index contributed by atoms with van der Waals surface area (Å²) in [6.07, 6.45) is 5.69. The Labute approximate surface area is 70.1 Å². The lowest BCUT2D eigenvalue weighted by Gasteiger charge is -2.41. The van der Waals surface area contributed by atoms with Crippen LogP contribution in [-0.2, 0) is 0 Å². The van der Waals surface area contributed by atoms with Crippen LogP contribution in [0.15, 0.2) is 0 Å². The number of nitrogens with zero attached hydrogens (tertiary/aromatic N) is 1. The third kappa shape index (κ3) is 2.46. The van der Waals surface area contributed by atoms with Crippen LogP contribution in [0.1, 0.15) is 32.6 Å². The highest BCUT2D eigenvalue weighted by Crippen LogP contribution is 2.23. The van der Waals surface area contributed by atoms with Crippen LogP contribution in [0.5, 0.6) is 0 Å². The molecule has 1 heterocycles. The third-order valence-electron chi connectivity index (χ3n) is 2.98. The number of quaternary nitrogens is 1. The van der Waals surface area contributed by atoms with Crippen molar-refractivity contribution in [1.82, 2.24) is 0 Å². The van der Waals surface area contributed by atoms with Crippen molar-refractivity contribution in [3.63, 3.8) is 0 Å². The molecule has 2 nitrogen and oxygen atoms in total. The molecule has 1 N–H and O–H groups in total. The molecule has 68 valence electrons. The van der Waals surface area contributed by atoms with Crippen LogP contribution in [0.3, 0.4) is 0 Å². The van der Waals surface area contributed by atoms with Crippen LogP contribution < -0.4 is 0 Å². The standard InChI is InChI=1S/C9H20N.H2O/c1-4-9-7-5-6-8-10(9,2)3;/h9H,4-8H2,1-3H3;1H2/q+1;/p-1. The van der Waals surface area contributed by atoms with E-state index in [1.807, 2.05) is 0 Å². The van der Waals surface area contributed by atoms with Gasteiger partial charge >= 0.3 is 0 Å². The largest absolute Gasteiger partial charge is 0.870 e. The third-order valence-corrected chi connectivity index (χ3v) is 2.98. The zero-order chi connectivity index (χ0) is 7.61. The van der Waals surface area contributed by atoms with Gasteiger partial charge in [-0.3, -0.25) is 0 Å². The van der Waals surface area contributed by atoms with Crippen LogP contribution in [-0.4, -0.2) is 36.6 Å². The van der Waals surface area contributed by atoms with Gasteiger partial charge in [-0.15, -0.1) is 0 Å². The van der Waals surface area contributed by atoms with Crippen molar-refractivity contribution in [2.45, 2.75) is 38.6 Å². The number of rotatable bonds is 1. The average Bonchev–Trinajstić information content (AvgIpc) is 1.87. The SMILES string of the molecule is CCC1CCCC[N+]1(C)C.[OH-]. The molecule has 11 heavy (non-hydrogen) atoms. The monoisotopic (exact) mass is 159 g/mol. The van der Waals surface area contributed by atoms with E-state index in [0.29, 0.717) is 0 Å². The van der Waals surface area contributed by atoms with Gasteiger partial charge in [-0.2, -0.15) is 0 Å². The summed E-state index contributed by atoms with van der Waals surface area (Å²) in [5, 5.41) is 0. The highest BCUT2D eigenvalue weighted by atomic mass is 16.0. The van der Waals surface area contributed by atoms with Gasteiger partial charge in [-0.25, -0.2) is 0 Å². The molecule has 1 rings (SSSR count). The van der Waals surface area contributed by atoms with Gasteiger partial charge in [0.15, 0.2) is 0 Å². The summed E-state index contributed by atoms with van der Waals surface area (Å²) in [5.41, 5.74) is 0. The summed E-state index contributed by atoms with van der Waals surface area (Å²) in [6, 6.07) is 0.939. The molecule has 1 saturated heterocycles. The van der Waals surface area contributed by atoms with Crippen molar-refractivity contribution < 1.29 is 9.96 Å². The van der Waals surface area contributed by atoms with Gasteiger partial charge in [0.05, 0.1) is 26.7 Å². The van der Waals surface area contributed by atoms with Gasteiger partial charge in [-0.05, 0) is 25.7 Å². The van der Waals surface area contributed by atoms with Gasteiger partial charge in [-0.1, -0.05) is 6.92 Å². The highest BCUT2D eigenvalue weighted by molar-refractivity contribution is 4.61. The van der Waals surface area contributed by atoms with Gasteiger partial charge in [0.25, 0.3) is 0 Å². The molecule has 0 aromatic rings. The Balaban J connectivity index is 0.000001000. The summed E-state index contributed by atoms with van der Waals surface area (Å²) in [5.74, 6) is 0. The van der Waals surface area contributed by atoms with Crippen LogP contribution in [0.2, 0.25) is 0 Å². The van der Waals surface area contributed by atoms with E-state index in [4.69, 9.17) is 0 Å². The zero-order valence-electron chi connectivity index (χ0n) is 8.01. The zero-order valence-corrected chi connectivity index (χ0v) is 8.01. The molecule has 0 aromatic heterocycles.